The maximum absolute atomic E-state index is 13.2. The monoisotopic (exact) mass is 476 g/mol. The molecule has 1 fully saturated rings. The van der Waals surface area contributed by atoms with Crippen LogP contribution in [0, 0.1) is 12.7 Å². The zero-order valence-corrected chi connectivity index (χ0v) is 19.1. The average molecular weight is 477 g/mol. The lowest BCUT2D eigenvalue weighted by atomic mass is 10.2. The summed E-state index contributed by atoms with van der Waals surface area (Å²) in [6.45, 7) is 5.32. The van der Waals surface area contributed by atoms with Gasteiger partial charge in [0.25, 0.3) is 5.91 Å². The molecule has 0 bridgehead atoms. The van der Waals surface area contributed by atoms with Crippen LogP contribution in [0.1, 0.15) is 21.6 Å². The van der Waals surface area contributed by atoms with E-state index in [0.29, 0.717) is 54.2 Å². The van der Waals surface area contributed by atoms with Crippen LogP contribution < -0.4 is 4.74 Å². The minimum absolute atomic E-state index is 0.106. The Morgan fingerprint density at radius 1 is 1.06 bits per heavy atom. The van der Waals surface area contributed by atoms with Crippen molar-refractivity contribution in [3.8, 4) is 5.75 Å². The molecule has 0 atom stereocenters. The second-order valence-electron chi connectivity index (χ2n) is 7.73. The van der Waals surface area contributed by atoms with E-state index in [2.05, 4.69) is 10.00 Å². The smallest absolute Gasteiger partial charge is 0.274 e. The summed E-state index contributed by atoms with van der Waals surface area (Å²) in [6, 6.07) is 11.6. The van der Waals surface area contributed by atoms with E-state index in [0.717, 1.165) is 11.1 Å². The van der Waals surface area contributed by atoms with Crippen LogP contribution in [0.3, 0.4) is 0 Å². The Bertz CT molecular complexity index is 1110. The third-order valence-electron chi connectivity index (χ3n) is 5.42. The lowest BCUT2D eigenvalue weighted by Gasteiger charge is -2.34. The molecule has 0 saturated carbocycles. The van der Waals surface area contributed by atoms with Crippen molar-refractivity contribution in [2.45, 2.75) is 20.2 Å². The standard InChI is InChI=1S/C23H23Cl2FN4O2/c1-16-12-19(4-5-20(16)24)32-15-30-7-6-22(27-30)23(31)29-10-8-28(9-11-29)14-17-2-3-18(26)13-21(17)25/h2-7,12-13H,8-11,14-15H2,1H3. The first-order valence-electron chi connectivity index (χ1n) is 10.3. The summed E-state index contributed by atoms with van der Waals surface area (Å²) in [7, 11) is 0. The van der Waals surface area contributed by atoms with Crippen molar-refractivity contribution in [2.75, 3.05) is 26.2 Å². The predicted octanol–water partition coefficient (Wildman–Crippen LogP) is 4.63. The number of carbonyl (C=O) groups excluding carboxylic acids is 1. The zero-order valence-electron chi connectivity index (χ0n) is 17.6. The van der Waals surface area contributed by atoms with E-state index in [9.17, 15) is 9.18 Å². The van der Waals surface area contributed by atoms with Crippen molar-refractivity contribution >= 4 is 29.1 Å². The van der Waals surface area contributed by atoms with Crippen LogP contribution >= 0.6 is 23.2 Å². The lowest BCUT2D eigenvalue weighted by Crippen LogP contribution is -2.48. The first-order chi connectivity index (χ1) is 15.4. The fourth-order valence-electron chi connectivity index (χ4n) is 3.56. The molecule has 1 amide bonds. The van der Waals surface area contributed by atoms with Gasteiger partial charge in [-0.3, -0.25) is 9.69 Å². The van der Waals surface area contributed by atoms with E-state index in [1.165, 1.54) is 12.1 Å². The third-order valence-corrected chi connectivity index (χ3v) is 6.20. The highest BCUT2D eigenvalue weighted by Gasteiger charge is 2.24. The number of ether oxygens (including phenoxy) is 1. The van der Waals surface area contributed by atoms with Crippen molar-refractivity contribution < 1.29 is 13.9 Å². The summed E-state index contributed by atoms with van der Waals surface area (Å²) in [5.74, 6) is 0.237. The molecule has 0 aliphatic carbocycles. The van der Waals surface area contributed by atoms with Crippen molar-refractivity contribution in [1.29, 1.82) is 0 Å². The lowest BCUT2D eigenvalue weighted by molar-refractivity contribution is 0.0621. The summed E-state index contributed by atoms with van der Waals surface area (Å²) in [5.41, 5.74) is 2.19. The fourth-order valence-corrected chi connectivity index (χ4v) is 3.90. The van der Waals surface area contributed by atoms with Gasteiger partial charge in [0.1, 0.15) is 11.6 Å². The molecule has 9 heteroatoms. The molecule has 0 unspecified atom stereocenters. The van der Waals surface area contributed by atoms with Gasteiger partial charge in [-0.25, -0.2) is 9.07 Å². The van der Waals surface area contributed by atoms with Crippen molar-refractivity contribution in [3.05, 3.63) is 81.3 Å². The SMILES string of the molecule is Cc1cc(OCn2ccc(C(=O)N3CCN(Cc4ccc(F)cc4Cl)CC3)n2)ccc1Cl. The van der Waals surface area contributed by atoms with Gasteiger partial charge < -0.3 is 9.64 Å². The van der Waals surface area contributed by atoms with Crippen LogP contribution in [0.2, 0.25) is 10.0 Å². The second-order valence-corrected chi connectivity index (χ2v) is 8.54. The minimum atomic E-state index is -0.345. The molecule has 1 aliphatic heterocycles. The molecule has 2 aromatic carbocycles. The van der Waals surface area contributed by atoms with Crippen LogP contribution in [-0.2, 0) is 13.3 Å². The molecule has 0 spiro atoms. The molecule has 0 radical (unpaired) electrons. The van der Waals surface area contributed by atoms with Gasteiger partial charge in [0.05, 0.1) is 0 Å². The number of hydrogen-bond donors (Lipinski definition) is 0. The molecular formula is C23H23Cl2FN4O2. The van der Waals surface area contributed by atoms with Crippen LogP contribution in [0.25, 0.3) is 0 Å². The van der Waals surface area contributed by atoms with Crippen LogP contribution in [-0.4, -0.2) is 51.7 Å². The number of nitrogens with zero attached hydrogens (tertiary/aromatic N) is 4. The molecule has 1 aliphatic rings. The number of rotatable bonds is 6. The van der Waals surface area contributed by atoms with Crippen LogP contribution in [0.15, 0.2) is 48.7 Å². The van der Waals surface area contributed by atoms with Gasteiger partial charge in [-0.15, -0.1) is 0 Å². The zero-order chi connectivity index (χ0) is 22.7. The molecule has 0 N–H and O–H groups in total. The quantitative estimate of drug-likeness (QED) is 0.520. The number of hydrogen-bond acceptors (Lipinski definition) is 4. The highest BCUT2D eigenvalue weighted by Crippen LogP contribution is 2.22. The van der Waals surface area contributed by atoms with Gasteiger partial charge in [0.2, 0.25) is 0 Å². The largest absolute Gasteiger partial charge is 0.471 e. The van der Waals surface area contributed by atoms with Crippen molar-refractivity contribution in [1.82, 2.24) is 19.6 Å². The summed E-state index contributed by atoms with van der Waals surface area (Å²) < 4.78 is 20.5. The molecule has 6 nitrogen and oxygen atoms in total. The van der Waals surface area contributed by atoms with Gasteiger partial charge in [0.15, 0.2) is 12.4 Å². The van der Waals surface area contributed by atoms with Gasteiger partial charge in [-0.05, 0) is 54.4 Å². The molecule has 168 valence electrons. The second kappa shape index (κ2) is 9.90. The number of piperazine rings is 1. The van der Waals surface area contributed by atoms with E-state index in [4.69, 9.17) is 27.9 Å². The molecule has 1 saturated heterocycles. The summed E-state index contributed by atoms with van der Waals surface area (Å²) in [4.78, 5) is 16.8. The molecule has 1 aromatic heterocycles. The van der Waals surface area contributed by atoms with E-state index < -0.39 is 0 Å². The van der Waals surface area contributed by atoms with E-state index in [1.807, 2.05) is 13.0 Å². The number of aryl methyl sites for hydroxylation is 1. The normalized spacial score (nSPS) is 14.6. The maximum atomic E-state index is 13.2. The van der Waals surface area contributed by atoms with E-state index in [1.54, 1.807) is 40.0 Å². The fraction of sp³-hybridized carbons (Fsp3) is 0.304. The molecule has 4 rings (SSSR count). The highest BCUT2D eigenvalue weighted by atomic mass is 35.5. The number of benzene rings is 2. The number of halogens is 3. The molecule has 32 heavy (non-hydrogen) atoms. The minimum Gasteiger partial charge on any atom is -0.471 e. The van der Waals surface area contributed by atoms with Crippen molar-refractivity contribution in [3.63, 3.8) is 0 Å². The van der Waals surface area contributed by atoms with Gasteiger partial charge >= 0.3 is 0 Å². The first kappa shape index (κ1) is 22.6. The van der Waals surface area contributed by atoms with Gasteiger partial charge in [-0.2, -0.15) is 5.10 Å². The third kappa shape index (κ3) is 5.41. The van der Waals surface area contributed by atoms with Crippen LogP contribution in [0.4, 0.5) is 4.39 Å². The Morgan fingerprint density at radius 3 is 2.56 bits per heavy atom. The van der Waals surface area contributed by atoms with Crippen LogP contribution in [0.5, 0.6) is 5.75 Å². The number of aromatic nitrogens is 2. The molecule has 2 heterocycles. The topological polar surface area (TPSA) is 50.6 Å². The Kier molecular flexibility index (Phi) is 6.98. The Morgan fingerprint density at radius 2 is 1.84 bits per heavy atom. The Balaban J connectivity index is 1.28. The maximum Gasteiger partial charge on any atom is 0.274 e. The first-order valence-corrected chi connectivity index (χ1v) is 11.0. The number of amides is 1. The summed E-state index contributed by atoms with van der Waals surface area (Å²) in [5, 5.41) is 5.46. The number of carbonyl (C=O) groups is 1. The predicted molar refractivity (Wildman–Crippen MR) is 122 cm³/mol. The Labute approximate surface area is 196 Å². The summed E-state index contributed by atoms with van der Waals surface area (Å²) in [6.07, 6.45) is 1.72. The summed E-state index contributed by atoms with van der Waals surface area (Å²) >= 11 is 12.2. The molecule has 3 aromatic rings. The van der Waals surface area contributed by atoms with E-state index >= 15 is 0 Å². The molecular weight excluding hydrogens is 454 g/mol. The van der Waals surface area contributed by atoms with Gasteiger partial charge in [-0.1, -0.05) is 29.3 Å². The van der Waals surface area contributed by atoms with Gasteiger partial charge in [0, 0.05) is 49.0 Å². The average Bonchev–Trinajstić information content (AvgIpc) is 3.26. The van der Waals surface area contributed by atoms with Crippen molar-refractivity contribution in [2.24, 2.45) is 0 Å². The van der Waals surface area contributed by atoms with E-state index in [-0.39, 0.29) is 18.5 Å². The highest BCUT2D eigenvalue weighted by molar-refractivity contribution is 6.31. The Hall–Kier alpha value is -2.61.